The van der Waals surface area contributed by atoms with Gasteiger partial charge < -0.3 is 9.47 Å². The molecule has 0 spiro atoms. The summed E-state index contributed by atoms with van der Waals surface area (Å²) in [6, 6.07) is 3.16. The predicted molar refractivity (Wildman–Crippen MR) is 78.8 cm³/mol. The van der Waals surface area contributed by atoms with E-state index in [1.54, 1.807) is 6.07 Å². The summed E-state index contributed by atoms with van der Waals surface area (Å²) >= 11 is 0. The number of ether oxygens (including phenoxy) is 2. The molecule has 1 aliphatic carbocycles. The highest BCUT2D eigenvalue weighted by Crippen LogP contribution is 2.37. The van der Waals surface area contributed by atoms with Gasteiger partial charge in [-0.3, -0.25) is 0 Å². The molecule has 0 saturated heterocycles. The summed E-state index contributed by atoms with van der Waals surface area (Å²) in [4.78, 5) is 0. The molecule has 2 nitrogen and oxygen atoms in total. The summed E-state index contributed by atoms with van der Waals surface area (Å²) in [5, 5.41) is 0. The van der Waals surface area contributed by atoms with Crippen molar-refractivity contribution in [3.8, 4) is 5.75 Å². The lowest BCUT2D eigenvalue weighted by Crippen LogP contribution is -2.22. The van der Waals surface area contributed by atoms with Gasteiger partial charge in [0.1, 0.15) is 0 Å². The average Bonchev–Trinajstić information content (AvgIpc) is 2.51. The van der Waals surface area contributed by atoms with Crippen molar-refractivity contribution < 1.29 is 18.3 Å². The second-order valence-corrected chi connectivity index (χ2v) is 5.68. The molecule has 0 aromatic heterocycles. The molecule has 118 valence electrons. The van der Waals surface area contributed by atoms with E-state index in [1.807, 2.05) is 0 Å². The fraction of sp³-hybridized carbons (Fsp3) is 0.647. The maximum absolute atomic E-state index is 14.1. The maximum atomic E-state index is 14.1. The summed E-state index contributed by atoms with van der Waals surface area (Å²) in [7, 11) is 1.34. The lowest BCUT2D eigenvalue weighted by Gasteiger charge is -2.29. The van der Waals surface area contributed by atoms with Crippen LogP contribution in [0.2, 0.25) is 0 Å². The number of rotatable bonds is 6. The third-order valence-corrected chi connectivity index (χ3v) is 4.26. The molecule has 0 N–H and O–H groups in total. The Bertz CT molecular complexity index is 454. The number of hydrogen-bond donors (Lipinski definition) is 0. The molecule has 0 bridgehead atoms. The maximum Gasteiger partial charge on any atom is 0.200 e. The molecule has 1 saturated carbocycles. The summed E-state index contributed by atoms with van der Waals surface area (Å²) in [5.74, 6) is -1.59. The van der Waals surface area contributed by atoms with E-state index in [-0.39, 0.29) is 17.8 Å². The number of halogens is 2. The minimum Gasteiger partial charge on any atom is -0.494 e. The van der Waals surface area contributed by atoms with Crippen LogP contribution in [0.25, 0.3) is 0 Å². The van der Waals surface area contributed by atoms with Gasteiger partial charge in [-0.1, -0.05) is 19.4 Å². The first kappa shape index (κ1) is 16.2. The van der Waals surface area contributed by atoms with Crippen LogP contribution in [0.5, 0.6) is 5.75 Å². The van der Waals surface area contributed by atoms with Gasteiger partial charge in [0, 0.05) is 6.61 Å². The zero-order valence-corrected chi connectivity index (χ0v) is 12.8. The average molecular weight is 298 g/mol. The van der Waals surface area contributed by atoms with Crippen LogP contribution in [0.15, 0.2) is 12.1 Å². The van der Waals surface area contributed by atoms with E-state index in [4.69, 9.17) is 9.47 Å². The van der Waals surface area contributed by atoms with Crippen molar-refractivity contribution in [1.82, 2.24) is 0 Å². The largest absolute Gasteiger partial charge is 0.494 e. The SMILES string of the molecule is CCCCOC1CCC(c2ccc(OC)c(F)c2F)CC1. The standard InChI is InChI=1S/C17H24F2O2/c1-3-4-11-21-13-7-5-12(6-8-13)14-9-10-15(20-2)17(19)16(14)18/h9-10,12-13H,3-8,11H2,1-2H3. The van der Waals surface area contributed by atoms with E-state index in [1.165, 1.54) is 13.2 Å². The lowest BCUT2D eigenvalue weighted by molar-refractivity contribution is 0.0230. The fourth-order valence-electron chi connectivity index (χ4n) is 2.95. The van der Waals surface area contributed by atoms with Crippen molar-refractivity contribution in [2.75, 3.05) is 13.7 Å². The molecule has 1 aromatic rings. The van der Waals surface area contributed by atoms with Crippen LogP contribution in [-0.4, -0.2) is 19.8 Å². The molecule has 21 heavy (non-hydrogen) atoms. The minimum atomic E-state index is -0.878. The number of unbranched alkanes of at least 4 members (excludes halogenated alkanes) is 1. The fourth-order valence-corrected chi connectivity index (χ4v) is 2.95. The summed E-state index contributed by atoms with van der Waals surface area (Å²) in [5.41, 5.74) is 0.473. The van der Waals surface area contributed by atoms with Gasteiger partial charge in [-0.25, -0.2) is 4.39 Å². The predicted octanol–water partition coefficient (Wildman–Crippen LogP) is 4.82. The van der Waals surface area contributed by atoms with Gasteiger partial charge in [0.2, 0.25) is 5.82 Å². The minimum absolute atomic E-state index is 0.0344. The van der Waals surface area contributed by atoms with Crippen molar-refractivity contribution in [1.29, 1.82) is 0 Å². The van der Waals surface area contributed by atoms with Crippen molar-refractivity contribution in [3.05, 3.63) is 29.3 Å². The van der Waals surface area contributed by atoms with E-state index in [0.29, 0.717) is 5.56 Å². The molecule has 2 rings (SSSR count). The molecule has 0 heterocycles. The first-order chi connectivity index (χ1) is 10.2. The molecule has 1 aliphatic rings. The smallest absolute Gasteiger partial charge is 0.200 e. The van der Waals surface area contributed by atoms with E-state index in [9.17, 15) is 8.78 Å². The number of benzene rings is 1. The highest BCUT2D eigenvalue weighted by molar-refractivity contribution is 5.33. The van der Waals surface area contributed by atoms with Gasteiger partial charge in [-0.15, -0.1) is 0 Å². The van der Waals surface area contributed by atoms with Crippen LogP contribution in [-0.2, 0) is 4.74 Å². The molecule has 4 heteroatoms. The Balaban J connectivity index is 1.95. The van der Waals surface area contributed by atoms with Gasteiger partial charge in [0.15, 0.2) is 11.6 Å². The molecular weight excluding hydrogens is 274 g/mol. The first-order valence-corrected chi connectivity index (χ1v) is 7.80. The Morgan fingerprint density at radius 2 is 1.81 bits per heavy atom. The highest BCUT2D eigenvalue weighted by atomic mass is 19.2. The van der Waals surface area contributed by atoms with Gasteiger partial charge in [0.05, 0.1) is 13.2 Å². The van der Waals surface area contributed by atoms with E-state index >= 15 is 0 Å². The molecule has 0 atom stereocenters. The van der Waals surface area contributed by atoms with Crippen molar-refractivity contribution in [2.24, 2.45) is 0 Å². The van der Waals surface area contributed by atoms with Crippen LogP contribution in [0.4, 0.5) is 8.78 Å². The number of methoxy groups -OCH3 is 1. The molecule has 1 fully saturated rings. The second kappa shape index (κ2) is 7.74. The van der Waals surface area contributed by atoms with Crippen LogP contribution < -0.4 is 4.74 Å². The van der Waals surface area contributed by atoms with Crippen molar-refractivity contribution in [2.45, 2.75) is 57.5 Å². The third kappa shape index (κ3) is 3.94. The Kier molecular flexibility index (Phi) is 5.97. The van der Waals surface area contributed by atoms with Crippen molar-refractivity contribution >= 4 is 0 Å². The second-order valence-electron chi connectivity index (χ2n) is 5.68. The van der Waals surface area contributed by atoms with Gasteiger partial charge in [0.25, 0.3) is 0 Å². The molecular formula is C17H24F2O2. The van der Waals surface area contributed by atoms with Gasteiger partial charge in [-0.05, 0) is 49.7 Å². The third-order valence-electron chi connectivity index (χ3n) is 4.26. The zero-order valence-electron chi connectivity index (χ0n) is 12.8. The van der Waals surface area contributed by atoms with Crippen LogP contribution in [0.1, 0.15) is 56.9 Å². The van der Waals surface area contributed by atoms with Crippen LogP contribution in [0, 0.1) is 11.6 Å². The van der Waals surface area contributed by atoms with E-state index < -0.39 is 11.6 Å². The Labute approximate surface area is 125 Å². The molecule has 0 radical (unpaired) electrons. The van der Waals surface area contributed by atoms with E-state index in [0.717, 1.165) is 45.1 Å². The summed E-state index contributed by atoms with van der Waals surface area (Å²) in [6.07, 6.45) is 6.02. The van der Waals surface area contributed by atoms with Crippen LogP contribution >= 0.6 is 0 Å². The van der Waals surface area contributed by atoms with Crippen LogP contribution in [0.3, 0.4) is 0 Å². The molecule has 0 aliphatic heterocycles. The number of hydrogen-bond acceptors (Lipinski definition) is 2. The Morgan fingerprint density at radius 3 is 2.43 bits per heavy atom. The lowest BCUT2D eigenvalue weighted by atomic mass is 9.82. The van der Waals surface area contributed by atoms with Crippen molar-refractivity contribution in [3.63, 3.8) is 0 Å². The molecule has 0 unspecified atom stereocenters. The first-order valence-electron chi connectivity index (χ1n) is 7.80. The Hall–Kier alpha value is -1.16. The topological polar surface area (TPSA) is 18.5 Å². The molecule has 1 aromatic carbocycles. The van der Waals surface area contributed by atoms with E-state index in [2.05, 4.69) is 6.92 Å². The highest BCUT2D eigenvalue weighted by Gasteiger charge is 2.26. The summed E-state index contributed by atoms with van der Waals surface area (Å²) < 4.78 is 38.5. The monoisotopic (exact) mass is 298 g/mol. The normalized spacial score (nSPS) is 22.3. The molecule has 0 amide bonds. The van der Waals surface area contributed by atoms with Gasteiger partial charge in [-0.2, -0.15) is 4.39 Å². The summed E-state index contributed by atoms with van der Waals surface area (Å²) in [6.45, 7) is 2.94. The Morgan fingerprint density at radius 1 is 1.10 bits per heavy atom. The zero-order chi connectivity index (χ0) is 15.2. The van der Waals surface area contributed by atoms with Gasteiger partial charge >= 0.3 is 0 Å². The quantitative estimate of drug-likeness (QED) is 0.701.